The highest BCUT2D eigenvalue weighted by molar-refractivity contribution is 7.89. The summed E-state index contributed by atoms with van der Waals surface area (Å²) in [7, 11) is -2.66. The van der Waals surface area contributed by atoms with E-state index in [0.717, 1.165) is 17.7 Å². The van der Waals surface area contributed by atoms with Gasteiger partial charge in [-0.3, -0.25) is 5.32 Å². The molecule has 0 amide bonds. The molecule has 0 saturated carbocycles. The molecule has 0 bridgehead atoms. The van der Waals surface area contributed by atoms with Crippen molar-refractivity contribution in [2.45, 2.75) is 63.8 Å². The van der Waals surface area contributed by atoms with E-state index in [2.05, 4.69) is 5.32 Å². The zero-order chi connectivity index (χ0) is 28.3. The van der Waals surface area contributed by atoms with E-state index in [1.807, 2.05) is 38.1 Å². The van der Waals surface area contributed by atoms with Crippen molar-refractivity contribution in [3.8, 4) is 5.75 Å². The van der Waals surface area contributed by atoms with E-state index in [-0.39, 0.29) is 36.8 Å². The number of hydrogen-bond acceptors (Lipinski definition) is 7. The SMILES string of the molecule is CCCN(CCC)S(=O)(=O)C(c1cc(F)cc(Cl)c1)[C@](N)(CCC)C(=O)OCNCc1cccc(OC)c1. The van der Waals surface area contributed by atoms with Crippen molar-refractivity contribution in [1.82, 2.24) is 9.62 Å². The van der Waals surface area contributed by atoms with E-state index in [1.165, 1.54) is 10.4 Å². The molecule has 2 aromatic carbocycles. The number of methoxy groups -OCH3 is 1. The van der Waals surface area contributed by atoms with Crippen LogP contribution in [0.25, 0.3) is 0 Å². The summed E-state index contributed by atoms with van der Waals surface area (Å²) in [5.74, 6) is -0.937. The smallest absolute Gasteiger partial charge is 0.329 e. The Labute approximate surface area is 230 Å². The average Bonchev–Trinajstić information content (AvgIpc) is 2.86. The molecule has 0 aromatic heterocycles. The normalized spacial score (nSPS) is 14.2. The third kappa shape index (κ3) is 8.13. The van der Waals surface area contributed by atoms with Crippen molar-refractivity contribution in [1.29, 1.82) is 0 Å². The molecule has 0 aliphatic carbocycles. The lowest BCUT2D eigenvalue weighted by molar-refractivity contribution is -0.151. The predicted molar refractivity (Wildman–Crippen MR) is 148 cm³/mol. The Morgan fingerprint density at radius 1 is 1.13 bits per heavy atom. The van der Waals surface area contributed by atoms with Gasteiger partial charge in [-0.15, -0.1) is 0 Å². The lowest BCUT2D eigenvalue weighted by atomic mass is 9.86. The number of esters is 1. The highest BCUT2D eigenvalue weighted by Crippen LogP contribution is 2.39. The van der Waals surface area contributed by atoms with Crippen LogP contribution in [0.3, 0.4) is 0 Å². The molecule has 2 atom stereocenters. The fraction of sp³-hybridized carbons (Fsp3) is 0.519. The molecule has 1 unspecified atom stereocenters. The minimum absolute atomic E-state index is 0.00412. The number of benzene rings is 2. The van der Waals surface area contributed by atoms with Gasteiger partial charge >= 0.3 is 5.97 Å². The fourth-order valence-electron chi connectivity index (χ4n) is 4.46. The second-order valence-electron chi connectivity index (χ2n) is 9.17. The number of rotatable bonds is 16. The fourth-order valence-corrected chi connectivity index (χ4v) is 7.09. The van der Waals surface area contributed by atoms with Crippen LogP contribution in [0.5, 0.6) is 5.75 Å². The largest absolute Gasteiger partial charge is 0.497 e. The lowest BCUT2D eigenvalue weighted by Crippen LogP contribution is -2.58. The first-order chi connectivity index (χ1) is 18.0. The molecule has 212 valence electrons. The van der Waals surface area contributed by atoms with Gasteiger partial charge in [0.05, 0.1) is 7.11 Å². The number of carbonyl (C=O) groups excluding carboxylic acids is 1. The van der Waals surface area contributed by atoms with Crippen molar-refractivity contribution < 1.29 is 27.1 Å². The number of halogens is 2. The maximum Gasteiger partial charge on any atom is 0.329 e. The Balaban J connectivity index is 2.42. The molecule has 38 heavy (non-hydrogen) atoms. The van der Waals surface area contributed by atoms with Crippen molar-refractivity contribution in [2.75, 3.05) is 26.9 Å². The summed E-state index contributed by atoms with van der Waals surface area (Å²) in [6.07, 6.45) is 1.49. The third-order valence-electron chi connectivity index (χ3n) is 6.07. The second-order valence-corrected chi connectivity index (χ2v) is 11.6. The number of ether oxygens (including phenoxy) is 2. The maximum absolute atomic E-state index is 14.4. The van der Waals surface area contributed by atoms with E-state index >= 15 is 0 Å². The first-order valence-corrected chi connectivity index (χ1v) is 14.7. The van der Waals surface area contributed by atoms with Gasteiger partial charge in [0.2, 0.25) is 10.0 Å². The van der Waals surface area contributed by atoms with Crippen LogP contribution < -0.4 is 15.8 Å². The van der Waals surface area contributed by atoms with Gasteiger partial charge in [-0.05, 0) is 60.7 Å². The zero-order valence-electron chi connectivity index (χ0n) is 22.5. The molecule has 2 aromatic rings. The Hall–Kier alpha value is -2.24. The van der Waals surface area contributed by atoms with Gasteiger partial charge in [-0.2, -0.15) is 0 Å². The van der Waals surface area contributed by atoms with Crippen LogP contribution in [-0.4, -0.2) is 51.2 Å². The molecule has 0 fully saturated rings. The Morgan fingerprint density at radius 2 is 1.82 bits per heavy atom. The Bertz CT molecular complexity index is 1140. The van der Waals surface area contributed by atoms with Gasteiger partial charge in [0.15, 0.2) is 0 Å². The van der Waals surface area contributed by atoms with Gasteiger partial charge in [-0.1, -0.05) is 50.9 Å². The van der Waals surface area contributed by atoms with Gasteiger partial charge in [-0.25, -0.2) is 21.9 Å². The summed E-state index contributed by atoms with van der Waals surface area (Å²) < 4.78 is 54.6. The summed E-state index contributed by atoms with van der Waals surface area (Å²) in [6, 6.07) is 10.9. The predicted octanol–water partition coefficient (Wildman–Crippen LogP) is 4.77. The van der Waals surface area contributed by atoms with E-state index in [0.29, 0.717) is 31.6 Å². The topological polar surface area (TPSA) is 111 Å². The van der Waals surface area contributed by atoms with Crippen LogP contribution in [0.4, 0.5) is 4.39 Å². The van der Waals surface area contributed by atoms with Crippen LogP contribution in [0, 0.1) is 5.82 Å². The van der Waals surface area contributed by atoms with Gasteiger partial charge in [0.1, 0.15) is 29.1 Å². The van der Waals surface area contributed by atoms with Crippen molar-refractivity contribution in [3.63, 3.8) is 0 Å². The molecule has 0 aliphatic heterocycles. The highest BCUT2D eigenvalue weighted by atomic mass is 35.5. The first kappa shape index (κ1) is 32.0. The molecule has 0 radical (unpaired) electrons. The van der Waals surface area contributed by atoms with E-state index in [1.54, 1.807) is 14.0 Å². The number of carbonyl (C=O) groups is 1. The van der Waals surface area contributed by atoms with Gasteiger partial charge < -0.3 is 15.2 Å². The monoisotopic (exact) mass is 571 g/mol. The minimum Gasteiger partial charge on any atom is -0.497 e. The minimum atomic E-state index is -4.23. The third-order valence-corrected chi connectivity index (χ3v) is 8.66. The van der Waals surface area contributed by atoms with Crippen LogP contribution in [0.15, 0.2) is 42.5 Å². The highest BCUT2D eigenvalue weighted by Gasteiger charge is 2.52. The lowest BCUT2D eigenvalue weighted by Gasteiger charge is -2.38. The summed E-state index contributed by atoms with van der Waals surface area (Å²) >= 11 is 6.11. The van der Waals surface area contributed by atoms with Crippen LogP contribution in [-0.2, 0) is 26.1 Å². The average molecular weight is 572 g/mol. The maximum atomic E-state index is 14.4. The summed E-state index contributed by atoms with van der Waals surface area (Å²) in [5, 5.41) is 1.40. The number of nitrogens with zero attached hydrogens (tertiary/aromatic N) is 1. The molecule has 0 spiro atoms. The number of nitrogens with one attached hydrogen (secondary N) is 1. The summed E-state index contributed by atoms with van der Waals surface area (Å²) in [5.41, 5.74) is 5.59. The van der Waals surface area contributed by atoms with Gasteiger partial charge in [0.25, 0.3) is 0 Å². The van der Waals surface area contributed by atoms with Crippen LogP contribution in [0.2, 0.25) is 5.02 Å². The molecule has 2 rings (SSSR count). The van der Waals surface area contributed by atoms with Gasteiger partial charge in [0, 0.05) is 24.7 Å². The Kier molecular flexibility index (Phi) is 12.4. The number of hydrogen-bond donors (Lipinski definition) is 2. The standard InChI is InChI=1S/C27H39ClFN3O5S/c1-5-11-27(30,26(33)37-19-31-18-20-9-8-10-24(14-20)36-4)25(21-15-22(28)17-23(29)16-21)38(34,35)32(12-6-2)13-7-3/h8-10,14-17,25,31H,5-7,11-13,18-19,30H2,1-4H3/t25?,27-/m1/s1. The molecule has 11 heteroatoms. The molecular weight excluding hydrogens is 533 g/mol. The van der Waals surface area contributed by atoms with Crippen LogP contribution in [0.1, 0.15) is 62.8 Å². The van der Waals surface area contributed by atoms with E-state index in [4.69, 9.17) is 26.8 Å². The van der Waals surface area contributed by atoms with Crippen molar-refractivity contribution in [2.24, 2.45) is 5.73 Å². The quantitative estimate of drug-likeness (QED) is 0.170. The summed E-state index contributed by atoms with van der Waals surface area (Å²) in [4.78, 5) is 13.5. The molecule has 0 saturated heterocycles. The Morgan fingerprint density at radius 3 is 2.39 bits per heavy atom. The molecular formula is C27H39ClFN3O5S. The number of sulfonamides is 1. The first-order valence-electron chi connectivity index (χ1n) is 12.8. The molecule has 0 aliphatic rings. The van der Waals surface area contributed by atoms with E-state index in [9.17, 15) is 17.6 Å². The second kappa shape index (κ2) is 14.8. The van der Waals surface area contributed by atoms with Crippen molar-refractivity contribution >= 4 is 27.6 Å². The summed E-state index contributed by atoms with van der Waals surface area (Å²) in [6.45, 7) is 6.13. The zero-order valence-corrected chi connectivity index (χ0v) is 24.1. The van der Waals surface area contributed by atoms with Crippen LogP contribution >= 0.6 is 11.6 Å². The van der Waals surface area contributed by atoms with E-state index < -0.39 is 32.6 Å². The molecule has 8 nitrogen and oxygen atoms in total. The molecule has 3 N–H and O–H groups in total. The number of nitrogens with two attached hydrogens (primary N) is 1. The van der Waals surface area contributed by atoms with Crippen molar-refractivity contribution in [3.05, 3.63) is 64.4 Å². The molecule has 0 heterocycles.